The number of halogens is 4. The Kier molecular flexibility index (Phi) is 3.95. The smallest absolute Gasteiger partial charge is 0.312 e. The third-order valence-corrected chi connectivity index (χ3v) is 4.08. The van der Waals surface area contributed by atoms with Gasteiger partial charge in [-0.05, 0) is 24.1 Å². The maximum absolute atomic E-state index is 14.2. The minimum atomic E-state index is -4.01. The lowest BCUT2D eigenvalue weighted by Gasteiger charge is -2.16. The lowest BCUT2D eigenvalue weighted by molar-refractivity contribution is -0.143. The molecule has 1 aliphatic rings. The van der Waals surface area contributed by atoms with Crippen LogP contribution >= 0.6 is 11.9 Å². The summed E-state index contributed by atoms with van der Waals surface area (Å²) in [6, 6.07) is 3.53. The number of alkyl halides is 3. The van der Waals surface area contributed by atoms with Crippen LogP contribution in [-0.2, 0) is 0 Å². The number of aliphatic hydroxyl groups excluding tert-OH is 1. The summed E-state index contributed by atoms with van der Waals surface area (Å²) in [6.07, 6.45) is -3.03. The number of aromatic nitrogens is 1. The molecule has 1 aromatic carbocycles. The minimum Gasteiger partial charge on any atom is -0.455 e. The third-order valence-electron chi connectivity index (χ3n) is 3.47. The van der Waals surface area contributed by atoms with E-state index in [4.69, 9.17) is 9.88 Å². The van der Waals surface area contributed by atoms with E-state index in [9.17, 15) is 22.7 Å². The van der Waals surface area contributed by atoms with Crippen molar-refractivity contribution in [3.8, 4) is 11.5 Å². The first kappa shape index (κ1) is 16.0. The summed E-state index contributed by atoms with van der Waals surface area (Å²) in [5, 5.41) is 15.1. The van der Waals surface area contributed by atoms with Crippen molar-refractivity contribution in [2.75, 3.05) is 0 Å². The maximum Gasteiger partial charge on any atom is 0.312 e. The van der Waals surface area contributed by atoms with E-state index in [2.05, 4.69) is 4.98 Å². The number of benzene rings is 1. The molecule has 0 aliphatic heterocycles. The van der Waals surface area contributed by atoms with Gasteiger partial charge in [0.15, 0.2) is 6.17 Å². The highest BCUT2D eigenvalue weighted by Gasteiger charge is 2.58. The zero-order chi connectivity index (χ0) is 16.8. The maximum atomic E-state index is 14.2. The van der Waals surface area contributed by atoms with E-state index < -0.39 is 29.6 Å². The number of hydrogen-bond donors (Lipinski definition) is 2. The Morgan fingerprint density at radius 1 is 1.26 bits per heavy atom. The van der Waals surface area contributed by atoms with Gasteiger partial charge in [-0.15, -0.1) is 0 Å². The second-order valence-electron chi connectivity index (χ2n) is 4.89. The molecule has 0 saturated carbocycles. The number of aliphatic hydroxyl groups is 1. The van der Waals surface area contributed by atoms with Crippen molar-refractivity contribution in [2.45, 2.75) is 23.1 Å². The van der Waals surface area contributed by atoms with E-state index in [0.29, 0.717) is 11.9 Å². The highest BCUT2D eigenvalue weighted by Crippen LogP contribution is 2.57. The highest BCUT2D eigenvalue weighted by molar-refractivity contribution is 7.97. The fourth-order valence-electron chi connectivity index (χ4n) is 2.43. The van der Waals surface area contributed by atoms with Gasteiger partial charge in [0.05, 0.1) is 12.4 Å². The van der Waals surface area contributed by atoms with Gasteiger partial charge >= 0.3 is 5.92 Å². The molecule has 3 N–H and O–H groups in total. The highest BCUT2D eigenvalue weighted by atomic mass is 32.2. The van der Waals surface area contributed by atoms with Crippen LogP contribution in [0, 0.1) is 5.82 Å². The molecule has 0 fully saturated rings. The molecule has 0 amide bonds. The fourth-order valence-corrected chi connectivity index (χ4v) is 2.93. The van der Waals surface area contributed by atoms with E-state index in [0.717, 1.165) is 18.5 Å². The number of pyridine rings is 1. The molecule has 2 aromatic rings. The Labute approximate surface area is 132 Å². The van der Waals surface area contributed by atoms with Crippen LogP contribution in [0.2, 0.25) is 0 Å². The SMILES string of the molecule is NSc1ccc(Oc2cncc(F)c2)c2c1C(O)C(F)(F)C2F. The van der Waals surface area contributed by atoms with Crippen LogP contribution in [0.5, 0.6) is 11.5 Å². The Bertz CT molecular complexity index is 760. The summed E-state index contributed by atoms with van der Waals surface area (Å²) in [7, 11) is 0. The number of fused-ring (bicyclic) bond motifs is 1. The van der Waals surface area contributed by atoms with E-state index in [1.807, 2.05) is 0 Å². The molecular formula is C14H10F4N2O2S. The lowest BCUT2D eigenvalue weighted by Crippen LogP contribution is -2.24. The van der Waals surface area contributed by atoms with Crippen LogP contribution in [0.15, 0.2) is 35.5 Å². The fraction of sp³-hybridized carbons (Fsp3) is 0.214. The molecule has 23 heavy (non-hydrogen) atoms. The molecule has 1 aliphatic carbocycles. The van der Waals surface area contributed by atoms with Gasteiger partial charge in [0.2, 0.25) is 0 Å². The van der Waals surface area contributed by atoms with Gasteiger partial charge in [0, 0.05) is 22.1 Å². The molecule has 122 valence electrons. The Morgan fingerprint density at radius 3 is 2.65 bits per heavy atom. The average molecular weight is 346 g/mol. The summed E-state index contributed by atoms with van der Waals surface area (Å²) >= 11 is 0.610. The first-order chi connectivity index (χ1) is 10.9. The monoisotopic (exact) mass is 346 g/mol. The van der Waals surface area contributed by atoms with Crippen LogP contribution < -0.4 is 9.88 Å². The molecule has 4 nitrogen and oxygen atoms in total. The molecule has 0 radical (unpaired) electrons. The van der Waals surface area contributed by atoms with Crippen molar-refractivity contribution >= 4 is 11.9 Å². The lowest BCUT2D eigenvalue weighted by atomic mass is 10.1. The van der Waals surface area contributed by atoms with Crippen LogP contribution in [0.4, 0.5) is 17.6 Å². The molecule has 2 unspecified atom stereocenters. The molecule has 0 spiro atoms. The number of hydrogen-bond acceptors (Lipinski definition) is 5. The molecular weight excluding hydrogens is 336 g/mol. The van der Waals surface area contributed by atoms with Crippen LogP contribution in [0.25, 0.3) is 0 Å². The normalized spacial score (nSPS) is 22.0. The third kappa shape index (κ3) is 2.54. The van der Waals surface area contributed by atoms with Gasteiger partial charge in [-0.25, -0.2) is 8.78 Å². The summed E-state index contributed by atoms with van der Waals surface area (Å²) < 4.78 is 60.2. The predicted octanol–water partition coefficient (Wildman–Crippen LogP) is 3.67. The largest absolute Gasteiger partial charge is 0.455 e. The zero-order valence-electron chi connectivity index (χ0n) is 11.3. The van der Waals surface area contributed by atoms with Crippen molar-refractivity contribution < 1.29 is 27.4 Å². The first-order valence-electron chi connectivity index (χ1n) is 6.38. The quantitative estimate of drug-likeness (QED) is 0.656. The standard InChI is InChI=1S/C14H10F4N2O2S/c15-6-3-7(5-20-4-6)22-8-1-2-9(23-19)11-10(8)12(16)14(17,18)13(11)21/h1-5,12-13,21H,19H2. The van der Waals surface area contributed by atoms with Gasteiger partial charge in [0.1, 0.15) is 23.4 Å². The Hall–Kier alpha value is -1.84. The minimum absolute atomic E-state index is 0.0859. The van der Waals surface area contributed by atoms with Gasteiger partial charge in [-0.3, -0.25) is 10.1 Å². The van der Waals surface area contributed by atoms with Crippen molar-refractivity contribution in [3.05, 3.63) is 47.5 Å². The van der Waals surface area contributed by atoms with Crippen LogP contribution in [0.1, 0.15) is 23.4 Å². The van der Waals surface area contributed by atoms with Crippen molar-refractivity contribution in [3.63, 3.8) is 0 Å². The molecule has 1 aromatic heterocycles. The number of rotatable bonds is 3. The van der Waals surface area contributed by atoms with E-state index >= 15 is 0 Å². The van der Waals surface area contributed by atoms with E-state index in [-0.39, 0.29) is 22.0 Å². The second kappa shape index (κ2) is 5.66. The summed E-state index contributed by atoms with van der Waals surface area (Å²) in [5.41, 5.74) is -0.820. The Balaban J connectivity index is 2.11. The van der Waals surface area contributed by atoms with Gasteiger partial charge in [0.25, 0.3) is 0 Å². The molecule has 3 rings (SSSR count). The number of nitrogens with two attached hydrogens (primary N) is 1. The van der Waals surface area contributed by atoms with Crippen molar-refractivity contribution in [2.24, 2.45) is 5.14 Å². The molecule has 0 bridgehead atoms. The summed E-state index contributed by atoms with van der Waals surface area (Å²) in [6.45, 7) is 0. The van der Waals surface area contributed by atoms with Crippen LogP contribution in [-0.4, -0.2) is 16.0 Å². The Morgan fingerprint density at radius 2 is 2.00 bits per heavy atom. The second-order valence-corrected chi connectivity index (χ2v) is 5.56. The topological polar surface area (TPSA) is 68.4 Å². The van der Waals surface area contributed by atoms with Gasteiger partial charge in [-0.2, -0.15) is 8.78 Å². The number of nitrogens with zero attached hydrogens (tertiary/aromatic N) is 1. The summed E-state index contributed by atoms with van der Waals surface area (Å²) in [4.78, 5) is 3.66. The summed E-state index contributed by atoms with van der Waals surface area (Å²) in [5.74, 6) is -5.05. The molecule has 2 atom stereocenters. The van der Waals surface area contributed by atoms with Crippen LogP contribution in [0.3, 0.4) is 0 Å². The van der Waals surface area contributed by atoms with E-state index in [1.165, 1.54) is 12.1 Å². The average Bonchev–Trinajstić information content (AvgIpc) is 2.69. The first-order valence-corrected chi connectivity index (χ1v) is 7.26. The van der Waals surface area contributed by atoms with Crippen molar-refractivity contribution in [1.82, 2.24) is 4.98 Å². The molecule has 0 saturated heterocycles. The van der Waals surface area contributed by atoms with Crippen molar-refractivity contribution in [1.29, 1.82) is 0 Å². The van der Waals surface area contributed by atoms with Gasteiger partial charge in [-0.1, -0.05) is 0 Å². The number of ether oxygens (including phenoxy) is 1. The van der Waals surface area contributed by atoms with Gasteiger partial charge < -0.3 is 9.84 Å². The molecule has 9 heteroatoms. The predicted molar refractivity (Wildman–Crippen MR) is 74.5 cm³/mol. The molecule has 1 heterocycles. The zero-order valence-corrected chi connectivity index (χ0v) is 12.2. The van der Waals surface area contributed by atoms with E-state index in [1.54, 1.807) is 0 Å².